The second-order valence-electron chi connectivity index (χ2n) is 8.02. The number of likely N-dealkylation sites (tertiary alicyclic amines) is 2. The fourth-order valence-electron chi connectivity index (χ4n) is 4.14. The SMILES string of the molecule is CC1CCN(C(=O)c2cc(C3CCCN(Cc4ccncc4)C3)no2)CC1. The zero-order valence-electron chi connectivity index (χ0n) is 16.0. The van der Waals surface area contributed by atoms with E-state index in [4.69, 9.17) is 4.52 Å². The molecule has 6 heteroatoms. The lowest BCUT2D eigenvalue weighted by Crippen LogP contribution is -2.37. The molecule has 1 unspecified atom stereocenters. The van der Waals surface area contributed by atoms with Crippen LogP contribution in [0.1, 0.15) is 60.3 Å². The van der Waals surface area contributed by atoms with Crippen LogP contribution < -0.4 is 0 Å². The van der Waals surface area contributed by atoms with E-state index < -0.39 is 0 Å². The molecular weight excluding hydrogens is 340 g/mol. The molecule has 0 N–H and O–H groups in total. The number of piperidine rings is 2. The maximum absolute atomic E-state index is 12.7. The third-order valence-electron chi connectivity index (χ3n) is 5.89. The number of aromatic nitrogens is 2. The number of carbonyl (C=O) groups is 1. The molecule has 2 saturated heterocycles. The minimum absolute atomic E-state index is 0.00917. The van der Waals surface area contributed by atoms with Crippen LogP contribution in [-0.2, 0) is 6.54 Å². The number of hydrogen-bond donors (Lipinski definition) is 0. The molecular formula is C21H28N4O2. The summed E-state index contributed by atoms with van der Waals surface area (Å²) in [6.07, 6.45) is 8.05. The fourth-order valence-corrected chi connectivity index (χ4v) is 4.14. The number of pyridine rings is 1. The molecule has 0 aliphatic carbocycles. The van der Waals surface area contributed by atoms with Gasteiger partial charge < -0.3 is 9.42 Å². The monoisotopic (exact) mass is 368 g/mol. The summed E-state index contributed by atoms with van der Waals surface area (Å²) in [7, 11) is 0. The molecule has 0 saturated carbocycles. The predicted molar refractivity (Wildman–Crippen MR) is 102 cm³/mol. The molecule has 0 radical (unpaired) electrons. The molecule has 4 rings (SSSR count). The summed E-state index contributed by atoms with van der Waals surface area (Å²) in [6, 6.07) is 6.01. The summed E-state index contributed by atoms with van der Waals surface area (Å²) in [5.74, 6) is 1.41. The van der Waals surface area contributed by atoms with Crippen molar-refractivity contribution in [1.29, 1.82) is 0 Å². The molecule has 0 spiro atoms. The highest BCUT2D eigenvalue weighted by Crippen LogP contribution is 2.28. The van der Waals surface area contributed by atoms with Crippen molar-refractivity contribution in [3.05, 3.63) is 47.6 Å². The first kappa shape index (κ1) is 18.2. The van der Waals surface area contributed by atoms with Crippen molar-refractivity contribution in [1.82, 2.24) is 19.9 Å². The van der Waals surface area contributed by atoms with Gasteiger partial charge in [0.2, 0.25) is 5.76 Å². The number of carbonyl (C=O) groups excluding carboxylic acids is 1. The minimum Gasteiger partial charge on any atom is -0.351 e. The van der Waals surface area contributed by atoms with Crippen LogP contribution in [0.15, 0.2) is 35.1 Å². The highest BCUT2D eigenvalue weighted by molar-refractivity contribution is 5.91. The number of rotatable bonds is 4. The molecule has 0 bridgehead atoms. The fraction of sp³-hybridized carbons (Fsp3) is 0.571. The third kappa shape index (κ3) is 4.38. The van der Waals surface area contributed by atoms with Crippen LogP contribution in [0.4, 0.5) is 0 Å². The first-order valence-corrected chi connectivity index (χ1v) is 10.1. The molecule has 2 aliphatic rings. The zero-order chi connectivity index (χ0) is 18.6. The topological polar surface area (TPSA) is 62.5 Å². The van der Waals surface area contributed by atoms with E-state index in [1.165, 1.54) is 5.56 Å². The first-order chi connectivity index (χ1) is 13.2. The summed E-state index contributed by atoms with van der Waals surface area (Å²) in [5.41, 5.74) is 2.20. The summed E-state index contributed by atoms with van der Waals surface area (Å²) in [5, 5.41) is 4.25. The summed E-state index contributed by atoms with van der Waals surface area (Å²) in [6.45, 7) is 6.85. The van der Waals surface area contributed by atoms with Gasteiger partial charge in [0.15, 0.2) is 0 Å². The molecule has 27 heavy (non-hydrogen) atoms. The lowest BCUT2D eigenvalue weighted by Gasteiger charge is -2.31. The zero-order valence-corrected chi connectivity index (χ0v) is 16.0. The highest BCUT2D eigenvalue weighted by Gasteiger charge is 2.28. The van der Waals surface area contributed by atoms with Crippen molar-refractivity contribution in [2.45, 2.75) is 45.1 Å². The van der Waals surface area contributed by atoms with Crippen LogP contribution in [-0.4, -0.2) is 52.0 Å². The van der Waals surface area contributed by atoms with Crippen LogP contribution in [0.5, 0.6) is 0 Å². The van der Waals surface area contributed by atoms with Gasteiger partial charge >= 0.3 is 0 Å². The van der Waals surface area contributed by atoms with Crippen LogP contribution in [0.2, 0.25) is 0 Å². The van der Waals surface area contributed by atoms with E-state index in [0.29, 0.717) is 17.6 Å². The number of amides is 1. The van der Waals surface area contributed by atoms with Gasteiger partial charge in [0.05, 0.1) is 5.69 Å². The van der Waals surface area contributed by atoms with Gasteiger partial charge in [-0.3, -0.25) is 14.7 Å². The summed E-state index contributed by atoms with van der Waals surface area (Å²) < 4.78 is 5.45. The van der Waals surface area contributed by atoms with Crippen LogP contribution >= 0.6 is 0 Å². The number of nitrogens with zero attached hydrogens (tertiary/aromatic N) is 4. The maximum Gasteiger partial charge on any atom is 0.292 e. The van der Waals surface area contributed by atoms with Gasteiger partial charge in [-0.15, -0.1) is 0 Å². The summed E-state index contributed by atoms with van der Waals surface area (Å²) in [4.78, 5) is 21.1. The van der Waals surface area contributed by atoms with Gasteiger partial charge in [-0.1, -0.05) is 12.1 Å². The van der Waals surface area contributed by atoms with E-state index in [1.54, 1.807) is 0 Å². The lowest BCUT2D eigenvalue weighted by molar-refractivity contribution is 0.0655. The lowest BCUT2D eigenvalue weighted by atomic mass is 9.94. The van der Waals surface area contributed by atoms with E-state index in [1.807, 2.05) is 23.4 Å². The van der Waals surface area contributed by atoms with Gasteiger partial charge in [-0.25, -0.2) is 0 Å². The average Bonchev–Trinajstić information content (AvgIpc) is 3.19. The van der Waals surface area contributed by atoms with Gasteiger partial charge in [0, 0.05) is 50.6 Å². The van der Waals surface area contributed by atoms with Crippen molar-refractivity contribution < 1.29 is 9.32 Å². The standard InChI is InChI=1S/C21H28N4O2/c1-16-6-11-25(12-7-16)21(26)20-13-19(23-27-20)18-3-2-10-24(15-18)14-17-4-8-22-9-5-17/h4-5,8-9,13,16,18H,2-3,6-7,10-12,14-15H2,1H3. The van der Waals surface area contributed by atoms with E-state index in [2.05, 4.69) is 34.1 Å². The molecule has 4 heterocycles. The van der Waals surface area contributed by atoms with Gasteiger partial charge in [-0.2, -0.15) is 0 Å². The molecule has 0 aromatic carbocycles. The molecule has 2 aliphatic heterocycles. The molecule has 2 aromatic heterocycles. The van der Waals surface area contributed by atoms with E-state index in [-0.39, 0.29) is 5.91 Å². The Kier molecular flexibility index (Phi) is 5.53. The van der Waals surface area contributed by atoms with E-state index in [0.717, 1.165) is 64.1 Å². The normalized spacial score (nSPS) is 22.1. The Morgan fingerprint density at radius 2 is 1.96 bits per heavy atom. The average molecular weight is 368 g/mol. The predicted octanol–water partition coefficient (Wildman–Crippen LogP) is 3.32. The highest BCUT2D eigenvalue weighted by atomic mass is 16.5. The van der Waals surface area contributed by atoms with Gasteiger partial charge in [0.25, 0.3) is 5.91 Å². The Bertz CT molecular complexity index is 753. The molecule has 1 atom stereocenters. The first-order valence-electron chi connectivity index (χ1n) is 10.1. The van der Waals surface area contributed by atoms with Crippen molar-refractivity contribution in [2.75, 3.05) is 26.2 Å². The Balaban J connectivity index is 1.38. The second kappa shape index (κ2) is 8.21. The van der Waals surface area contributed by atoms with Crippen LogP contribution in [0.25, 0.3) is 0 Å². The third-order valence-corrected chi connectivity index (χ3v) is 5.89. The maximum atomic E-state index is 12.7. The van der Waals surface area contributed by atoms with E-state index in [9.17, 15) is 4.79 Å². The smallest absolute Gasteiger partial charge is 0.292 e. The molecule has 6 nitrogen and oxygen atoms in total. The van der Waals surface area contributed by atoms with E-state index >= 15 is 0 Å². The minimum atomic E-state index is -0.00917. The van der Waals surface area contributed by atoms with Crippen molar-refractivity contribution >= 4 is 5.91 Å². The number of hydrogen-bond acceptors (Lipinski definition) is 5. The van der Waals surface area contributed by atoms with Crippen molar-refractivity contribution in [3.63, 3.8) is 0 Å². The van der Waals surface area contributed by atoms with Gasteiger partial charge in [-0.05, 0) is 55.8 Å². The van der Waals surface area contributed by atoms with Crippen LogP contribution in [0, 0.1) is 5.92 Å². The quantitative estimate of drug-likeness (QED) is 0.828. The Labute approximate surface area is 160 Å². The molecule has 1 amide bonds. The molecule has 144 valence electrons. The van der Waals surface area contributed by atoms with Crippen molar-refractivity contribution in [3.8, 4) is 0 Å². The Morgan fingerprint density at radius 1 is 1.19 bits per heavy atom. The van der Waals surface area contributed by atoms with Crippen molar-refractivity contribution in [2.24, 2.45) is 5.92 Å². The van der Waals surface area contributed by atoms with Gasteiger partial charge in [0.1, 0.15) is 0 Å². The Hall–Kier alpha value is -2.21. The van der Waals surface area contributed by atoms with Crippen LogP contribution in [0.3, 0.4) is 0 Å². The largest absolute Gasteiger partial charge is 0.351 e. The summed E-state index contributed by atoms with van der Waals surface area (Å²) >= 11 is 0. The second-order valence-corrected chi connectivity index (χ2v) is 8.02. The molecule has 2 fully saturated rings. The molecule has 2 aromatic rings. The Morgan fingerprint density at radius 3 is 2.74 bits per heavy atom.